The highest BCUT2D eigenvalue weighted by Gasteiger charge is 2.22. The summed E-state index contributed by atoms with van der Waals surface area (Å²) in [5, 5.41) is 6.50. The molecule has 0 saturated heterocycles. The van der Waals surface area contributed by atoms with Gasteiger partial charge < -0.3 is 4.57 Å². The van der Waals surface area contributed by atoms with Crippen LogP contribution in [0.5, 0.6) is 0 Å². The Bertz CT molecular complexity index is 1570. The minimum Gasteiger partial charge on any atom is -0.342 e. The van der Waals surface area contributed by atoms with Crippen molar-refractivity contribution in [2.24, 2.45) is 5.10 Å². The summed E-state index contributed by atoms with van der Waals surface area (Å²) in [6.45, 7) is 0.778. The standard InChI is InChI=1S/C30H28N4O/c35-30-26-16-7-9-17-27(26)32-29(23-13-5-2-6-14-23)34(30)31-19-24-21-33(20-22-11-3-1-4-12-22)28-18-10-8-15-25(24)28/h1,3-4,7-12,15-19,21,23H,2,5-6,13-14,20H2. The van der Waals surface area contributed by atoms with Crippen LogP contribution in [0.2, 0.25) is 0 Å². The van der Waals surface area contributed by atoms with Crippen molar-refractivity contribution in [2.75, 3.05) is 0 Å². The van der Waals surface area contributed by atoms with Gasteiger partial charge in [-0.25, -0.2) is 4.98 Å². The zero-order valence-electron chi connectivity index (χ0n) is 19.7. The predicted molar refractivity (Wildman–Crippen MR) is 142 cm³/mol. The zero-order valence-corrected chi connectivity index (χ0v) is 19.7. The Morgan fingerprint density at radius 2 is 1.57 bits per heavy atom. The van der Waals surface area contributed by atoms with E-state index in [-0.39, 0.29) is 11.5 Å². The van der Waals surface area contributed by atoms with Crippen LogP contribution in [-0.4, -0.2) is 20.4 Å². The number of rotatable bonds is 5. The molecule has 174 valence electrons. The third-order valence-electron chi connectivity index (χ3n) is 7.08. The topological polar surface area (TPSA) is 52.2 Å². The molecule has 1 fully saturated rings. The van der Waals surface area contributed by atoms with E-state index >= 15 is 0 Å². The highest BCUT2D eigenvalue weighted by molar-refractivity contribution is 5.99. The molecule has 0 radical (unpaired) electrons. The molecule has 1 saturated carbocycles. The Kier molecular flexibility index (Phi) is 5.75. The van der Waals surface area contributed by atoms with Gasteiger partial charge >= 0.3 is 0 Å². The lowest BCUT2D eigenvalue weighted by Crippen LogP contribution is -2.25. The number of hydrogen-bond donors (Lipinski definition) is 0. The van der Waals surface area contributed by atoms with Crippen LogP contribution < -0.4 is 5.56 Å². The van der Waals surface area contributed by atoms with Crippen LogP contribution in [0.3, 0.4) is 0 Å². The molecule has 3 aromatic carbocycles. The van der Waals surface area contributed by atoms with E-state index in [0.29, 0.717) is 5.39 Å². The van der Waals surface area contributed by atoms with Crippen LogP contribution in [-0.2, 0) is 6.54 Å². The fraction of sp³-hybridized carbons (Fsp3) is 0.233. The van der Waals surface area contributed by atoms with E-state index in [1.807, 2.05) is 42.6 Å². The molecule has 5 heteroatoms. The van der Waals surface area contributed by atoms with Crippen LogP contribution in [0.4, 0.5) is 0 Å². The second kappa shape index (κ2) is 9.34. The van der Waals surface area contributed by atoms with Crippen LogP contribution in [0, 0.1) is 0 Å². The van der Waals surface area contributed by atoms with E-state index in [1.54, 1.807) is 4.68 Å². The minimum absolute atomic E-state index is 0.0968. The first-order chi connectivity index (χ1) is 17.3. The Morgan fingerprint density at radius 3 is 2.40 bits per heavy atom. The number of fused-ring (bicyclic) bond motifs is 2. The number of nitrogens with zero attached hydrogens (tertiary/aromatic N) is 4. The van der Waals surface area contributed by atoms with E-state index in [2.05, 4.69) is 53.2 Å². The van der Waals surface area contributed by atoms with Gasteiger partial charge in [0, 0.05) is 35.1 Å². The van der Waals surface area contributed by atoms with Gasteiger partial charge in [0.1, 0.15) is 5.82 Å². The van der Waals surface area contributed by atoms with Crippen LogP contribution in [0.25, 0.3) is 21.8 Å². The second-order valence-corrected chi connectivity index (χ2v) is 9.40. The Labute approximate surface area is 204 Å². The molecule has 1 aliphatic carbocycles. The first-order valence-corrected chi connectivity index (χ1v) is 12.5. The molecule has 5 aromatic rings. The summed E-state index contributed by atoms with van der Waals surface area (Å²) in [5.41, 5.74) is 4.04. The van der Waals surface area contributed by atoms with Gasteiger partial charge in [0.15, 0.2) is 0 Å². The number of benzene rings is 3. The van der Waals surface area contributed by atoms with Crippen LogP contribution in [0.15, 0.2) is 95.0 Å². The first kappa shape index (κ1) is 21.5. The fourth-order valence-corrected chi connectivity index (χ4v) is 5.29. The number of para-hydroxylation sites is 2. The van der Waals surface area contributed by atoms with Gasteiger partial charge in [-0.05, 0) is 36.6 Å². The minimum atomic E-state index is -0.0968. The van der Waals surface area contributed by atoms with Crippen molar-refractivity contribution in [1.29, 1.82) is 0 Å². The van der Waals surface area contributed by atoms with Gasteiger partial charge in [-0.2, -0.15) is 9.78 Å². The molecule has 35 heavy (non-hydrogen) atoms. The van der Waals surface area contributed by atoms with Crippen LogP contribution >= 0.6 is 0 Å². The van der Waals surface area contributed by atoms with Crippen molar-refractivity contribution < 1.29 is 0 Å². The van der Waals surface area contributed by atoms with Gasteiger partial charge in [-0.3, -0.25) is 4.79 Å². The Hall–Kier alpha value is -3.99. The number of aromatic nitrogens is 3. The van der Waals surface area contributed by atoms with E-state index < -0.39 is 0 Å². The summed E-state index contributed by atoms with van der Waals surface area (Å²) in [6, 6.07) is 26.4. The maximum Gasteiger partial charge on any atom is 0.282 e. The average molecular weight is 461 g/mol. The third-order valence-corrected chi connectivity index (χ3v) is 7.08. The van der Waals surface area contributed by atoms with Gasteiger partial charge in [0.2, 0.25) is 0 Å². The summed E-state index contributed by atoms with van der Waals surface area (Å²) in [6.07, 6.45) is 9.65. The second-order valence-electron chi connectivity index (χ2n) is 9.40. The summed E-state index contributed by atoms with van der Waals surface area (Å²) in [5.74, 6) is 1.05. The lowest BCUT2D eigenvalue weighted by atomic mass is 9.88. The van der Waals surface area contributed by atoms with E-state index in [9.17, 15) is 4.79 Å². The summed E-state index contributed by atoms with van der Waals surface area (Å²) < 4.78 is 3.80. The van der Waals surface area contributed by atoms with E-state index in [4.69, 9.17) is 10.1 Å². The maximum absolute atomic E-state index is 13.5. The summed E-state index contributed by atoms with van der Waals surface area (Å²) in [4.78, 5) is 18.5. The molecule has 2 heterocycles. The average Bonchev–Trinajstić information content (AvgIpc) is 3.26. The fourth-order valence-electron chi connectivity index (χ4n) is 5.29. The maximum atomic E-state index is 13.5. The zero-order chi connectivity index (χ0) is 23.6. The molecule has 0 aliphatic heterocycles. The van der Waals surface area contributed by atoms with Gasteiger partial charge in [0.25, 0.3) is 5.56 Å². The molecular weight excluding hydrogens is 432 g/mol. The largest absolute Gasteiger partial charge is 0.342 e. The third kappa shape index (κ3) is 4.18. The van der Waals surface area contributed by atoms with Crippen molar-refractivity contribution in [3.05, 3.63) is 112 Å². The Morgan fingerprint density at radius 1 is 0.857 bits per heavy atom. The molecule has 0 unspecified atom stereocenters. The lowest BCUT2D eigenvalue weighted by Gasteiger charge is -2.22. The van der Waals surface area contributed by atoms with Crippen molar-refractivity contribution >= 4 is 28.0 Å². The Balaban J connectivity index is 1.45. The van der Waals surface area contributed by atoms with Crippen molar-refractivity contribution in [3.63, 3.8) is 0 Å². The lowest BCUT2D eigenvalue weighted by molar-refractivity contribution is 0.416. The molecule has 2 aromatic heterocycles. The van der Waals surface area contributed by atoms with Crippen molar-refractivity contribution in [1.82, 2.24) is 14.2 Å². The van der Waals surface area contributed by atoms with E-state index in [0.717, 1.165) is 47.2 Å². The highest BCUT2D eigenvalue weighted by Crippen LogP contribution is 2.32. The van der Waals surface area contributed by atoms with E-state index in [1.165, 1.54) is 24.8 Å². The van der Waals surface area contributed by atoms with Crippen LogP contribution in [0.1, 0.15) is 55.0 Å². The van der Waals surface area contributed by atoms with Crippen molar-refractivity contribution in [2.45, 2.75) is 44.6 Å². The van der Waals surface area contributed by atoms with Gasteiger partial charge in [0.05, 0.1) is 17.1 Å². The molecule has 6 rings (SSSR count). The highest BCUT2D eigenvalue weighted by atomic mass is 16.1. The summed E-state index contributed by atoms with van der Waals surface area (Å²) >= 11 is 0. The molecule has 0 atom stereocenters. The number of hydrogen-bond acceptors (Lipinski definition) is 3. The molecule has 5 nitrogen and oxygen atoms in total. The van der Waals surface area contributed by atoms with Gasteiger partial charge in [-0.1, -0.05) is 79.9 Å². The summed E-state index contributed by atoms with van der Waals surface area (Å²) in [7, 11) is 0. The quantitative estimate of drug-likeness (QED) is 0.288. The predicted octanol–water partition coefficient (Wildman–Crippen LogP) is 6.33. The van der Waals surface area contributed by atoms with Gasteiger partial charge in [-0.15, -0.1) is 0 Å². The molecule has 0 bridgehead atoms. The normalized spacial score (nSPS) is 14.9. The monoisotopic (exact) mass is 460 g/mol. The molecule has 0 amide bonds. The van der Waals surface area contributed by atoms with Crippen molar-refractivity contribution in [3.8, 4) is 0 Å². The smallest absolute Gasteiger partial charge is 0.282 e. The molecule has 0 N–H and O–H groups in total. The molecular formula is C30H28N4O. The molecule has 1 aliphatic rings. The SMILES string of the molecule is O=c1c2ccccc2nc(C2CCCCC2)n1N=Cc1cn(Cc2ccccc2)c2ccccc12. The molecule has 0 spiro atoms. The first-order valence-electron chi connectivity index (χ1n) is 12.5.